The van der Waals surface area contributed by atoms with E-state index in [1.54, 1.807) is 0 Å². The number of carbonyl (C=O) groups excluding carboxylic acids is 1. The Kier molecular flexibility index (Phi) is 3.56. The van der Waals surface area contributed by atoms with Crippen LogP contribution in [0, 0.1) is 5.92 Å². The van der Waals surface area contributed by atoms with Crippen LogP contribution in [0.3, 0.4) is 0 Å². The summed E-state index contributed by atoms with van der Waals surface area (Å²) in [5, 5.41) is 4.76. The van der Waals surface area contributed by atoms with E-state index in [-0.39, 0.29) is 17.9 Å². The molecule has 86 valence electrons. The van der Waals surface area contributed by atoms with E-state index < -0.39 is 0 Å². The second-order valence-electron chi connectivity index (χ2n) is 3.94. The fraction of sp³-hybridized carbons (Fsp3) is 0.900. The van der Waals surface area contributed by atoms with Gasteiger partial charge in [0.2, 0.25) is 0 Å². The zero-order chi connectivity index (χ0) is 10.7. The quantitative estimate of drug-likeness (QED) is 0.705. The van der Waals surface area contributed by atoms with Gasteiger partial charge < -0.3 is 10.1 Å². The van der Waals surface area contributed by atoms with Gasteiger partial charge in [0, 0.05) is 6.04 Å². The summed E-state index contributed by atoms with van der Waals surface area (Å²) in [6.07, 6.45) is 0.936. The maximum absolute atomic E-state index is 12.0. The smallest absolute Gasteiger partial charge is 0.253 e. The highest BCUT2D eigenvalue weighted by atomic mass is 16.7. The van der Waals surface area contributed by atoms with Crippen LogP contribution in [-0.4, -0.2) is 49.9 Å². The first-order valence-electron chi connectivity index (χ1n) is 5.58. The van der Waals surface area contributed by atoms with E-state index >= 15 is 0 Å². The molecule has 0 aromatic carbocycles. The number of nitrogens with zero attached hydrogens (tertiary/aromatic N) is 1. The van der Waals surface area contributed by atoms with Crippen LogP contribution in [-0.2, 0) is 14.4 Å². The molecule has 2 rings (SSSR count). The van der Waals surface area contributed by atoms with Crippen molar-refractivity contribution in [3.8, 4) is 0 Å². The molecule has 0 aliphatic carbocycles. The lowest BCUT2D eigenvalue weighted by Crippen LogP contribution is -2.44. The number of nitrogens with one attached hydrogen (secondary N) is 1. The Hall–Kier alpha value is -0.650. The number of hydrogen-bond acceptors (Lipinski definition) is 4. The van der Waals surface area contributed by atoms with E-state index in [0.717, 1.165) is 13.0 Å². The zero-order valence-electron chi connectivity index (χ0n) is 9.07. The Morgan fingerprint density at radius 3 is 3.07 bits per heavy atom. The number of likely N-dealkylation sites (N-methyl/N-ethyl adjacent to an activating group) is 1. The second-order valence-corrected chi connectivity index (χ2v) is 3.94. The maximum atomic E-state index is 12.0. The van der Waals surface area contributed by atoms with Gasteiger partial charge in [0.15, 0.2) is 0 Å². The van der Waals surface area contributed by atoms with Crippen LogP contribution in [0.25, 0.3) is 0 Å². The van der Waals surface area contributed by atoms with Crippen molar-refractivity contribution < 1.29 is 14.4 Å². The molecule has 15 heavy (non-hydrogen) atoms. The zero-order valence-corrected chi connectivity index (χ0v) is 9.07. The first kappa shape index (κ1) is 10.9. The molecule has 0 bridgehead atoms. The molecule has 2 aliphatic heterocycles. The summed E-state index contributed by atoms with van der Waals surface area (Å²) >= 11 is 0. The molecule has 2 fully saturated rings. The molecule has 2 saturated heterocycles. The molecule has 2 atom stereocenters. The van der Waals surface area contributed by atoms with Crippen LogP contribution in [0.4, 0.5) is 0 Å². The van der Waals surface area contributed by atoms with E-state index in [1.165, 1.54) is 5.06 Å². The molecular formula is C10H18N2O3. The molecule has 0 spiro atoms. The fourth-order valence-electron chi connectivity index (χ4n) is 2.07. The van der Waals surface area contributed by atoms with Gasteiger partial charge >= 0.3 is 0 Å². The summed E-state index contributed by atoms with van der Waals surface area (Å²) < 4.78 is 5.34. The van der Waals surface area contributed by atoms with Gasteiger partial charge in [-0.3, -0.25) is 9.63 Å². The lowest BCUT2D eigenvalue weighted by Gasteiger charge is -2.22. The summed E-state index contributed by atoms with van der Waals surface area (Å²) in [5.41, 5.74) is 0. The Morgan fingerprint density at radius 1 is 1.53 bits per heavy atom. The molecule has 2 heterocycles. The lowest BCUT2D eigenvalue weighted by atomic mass is 10.0. The Morgan fingerprint density at radius 2 is 2.40 bits per heavy atom. The van der Waals surface area contributed by atoms with Gasteiger partial charge in [-0.1, -0.05) is 6.92 Å². The molecule has 0 aromatic rings. The van der Waals surface area contributed by atoms with Crippen molar-refractivity contribution in [3.63, 3.8) is 0 Å². The van der Waals surface area contributed by atoms with Crippen LogP contribution in [0.1, 0.15) is 13.3 Å². The highest BCUT2D eigenvalue weighted by Crippen LogP contribution is 2.19. The first-order valence-corrected chi connectivity index (χ1v) is 5.58. The molecule has 1 N–H and O–H groups in total. The Balaban J connectivity index is 1.92. The van der Waals surface area contributed by atoms with Crippen LogP contribution < -0.4 is 5.32 Å². The molecule has 0 saturated carbocycles. The van der Waals surface area contributed by atoms with Crippen molar-refractivity contribution in [2.45, 2.75) is 19.4 Å². The minimum atomic E-state index is -0.0805. The average Bonchev–Trinajstić information content (AvgIpc) is 2.87. The van der Waals surface area contributed by atoms with E-state index in [2.05, 4.69) is 5.32 Å². The van der Waals surface area contributed by atoms with Crippen molar-refractivity contribution in [2.75, 3.05) is 32.9 Å². The van der Waals surface area contributed by atoms with Gasteiger partial charge in [0.1, 0.15) is 0 Å². The third-order valence-electron chi connectivity index (χ3n) is 2.86. The van der Waals surface area contributed by atoms with Crippen LogP contribution >= 0.6 is 0 Å². The molecule has 5 heteroatoms. The van der Waals surface area contributed by atoms with Gasteiger partial charge in [-0.15, -0.1) is 0 Å². The number of rotatable bonds is 3. The number of hydroxylamine groups is 2. The van der Waals surface area contributed by atoms with E-state index in [4.69, 9.17) is 9.57 Å². The standard InChI is InChI=1S/C10H18N2O3/c1-2-11-9-7-14-6-8(9)10(13)12-4-3-5-15-12/h8-9,11H,2-7H2,1H3. The van der Waals surface area contributed by atoms with Gasteiger partial charge in [-0.2, -0.15) is 0 Å². The first-order chi connectivity index (χ1) is 7.33. The number of hydrogen-bond donors (Lipinski definition) is 1. The highest BCUT2D eigenvalue weighted by molar-refractivity contribution is 5.79. The molecule has 5 nitrogen and oxygen atoms in total. The predicted molar refractivity (Wildman–Crippen MR) is 54.1 cm³/mol. The van der Waals surface area contributed by atoms with Crippen molar-refractivity contribution in [3.05, 3.63) is 0 Å². The molecule has 2 unspecified atom stereocenters. The van der Waals surface area contributed by atoms with Gasteiger partial charge in [-0.25, -0.2) is 5.06 Å². The lowest BCUT2D eigenvalue weighted by molar-refractivity contribution is -0.173. The largest absolute Gasteiger partial charge is 0.379 e. The highest BCUT2D eigenvalue weighted by Gasteiger charge is 2.37. The third kappa shape index (κ3) is 2.30. The molecule has 0 aromatic heterocycles. The van der Waals surface area contributed by atoms with E-state index in [1.807, 2.05) is 6.92 Å². The predicted octanol–water partition coefficient (Wildman–Crippen LogP) is -0.225. The molecule has 0 radical (unpaired) electrons. The molecular weight excluding hydrogens is 196 g/mol. The van der Waals surface area contributed by atoms with Crippen molar-refractivity contribution in [1.82, 2.24) is 10.4 Å². The maximum Gasteiger partial charge on any atom is 0.253 e. The van der Waals surface area contributed by atoms with Crippen LogP contribution in [0.2, 0.25) is 0 Å². The monoisotopic (exact) mass is 214 g/mol. The van der Waals surface area contributed by atoms with Crippen molar-refractivity contribution >= 4 is 5.91 Å². The van der Waals surface area contributed by atoms with E-state index in [0.29, 0.717) is 26.4 Å². The molecule has 2 aliphatic rings. The average molecular weight is 214 g/mol. The summed E-state index contributed by atoms with van der Waals surface area (Å²) in [6.45, 7) is 5.40. The summed E-state index contributed by atoms with van der Waals surface area (Å²) in [5.74, 6) is -0.0148. The normalized spacial score (nSPS) is 31.1. The van der Waals surface area contributed by atoms with Crippen LogP contribution in [0.15, 0.2) is 0 Å². The van der Waals surface area contributed by atoms with Gasteiger partial charge in [-0.05, 0) is 13.0 Å². The second kappa shape index (κ2) is 4.92. The minimum Gasteiger partial charge on any atom is -0.379 e. The number of ether oxygens (including phenoxy) is 1. The number of carbonyl (C=O) groups is 1. The Bertz CT molecular complexity index is 229. The summed E-state index contributed by atoms with van der Waals surface area (Å²) in [7, 11) is 0. The van der Waals surface area contributed by atoms with Gasteiger partial charge in [0.05, 0.1) is 32.3 Å². The summed E-state index contributed by atoms with van der Waals surface area (Å²) in [4.78, 5) is 17.3. The fourth-order valence-corrected chi connectivity index (χ4v) is 2.07. The van der Waals surface area contributed by atoms with E-state index in [9.17, 15) is 4.79 Å². The van der Waals surface area contributed by atoms with Crippen molar-refractivity contribution in [2.24, 2.45) is 5.92 Å². The van der Waals surface area contributed by atoms with Crippen molar-refractivity contribution in [1.29, 1.82) is 0 Å². The third-order valence-corrected chi connectivity index (χ3v) is 2.86. The minimum absolute atomic E-state index is 0.0657. The SMILES string of the molecule is CCNC1COCC1C(=O)N1CCCO1. The number of amides is 1. The van der Waals surface area contributed by atoms with Gasteiger partial charge in [0.25, 0.3) is 5.91 Å². The molecule has 1 amide bonds. The Labute approximate surface area is 89.7 Å². The van der Waals surface area contributed by atoms with Crippen LogP contribution in [0.5, 0.6) is 0 Å². The topological polar surface area (TPSA) is 50.8 Å². The summed E-state index contributed by atoms with van der Waals surface area (Å²) in [6, 6.07) is 0.145.